The zero-order valence-electron chi connectivity index (χ0n) is 8.92. The molecule has 16 heavy (non-hydrogen) atoms. The summed E-state index contributed by atoms with van der Waals surface area (Å²) in [5.74, 6) is 0. The van der Waals surface area contributed by atoms with Gasteiger partial charge < -0.3 is 29.0 Å². The van der Waals surface area contributed by atoms with Crippen molar-refractivity contribution in [2.24, 2.45) is 5.41 Å². The third-order valence-corrected chi connectivity index (χ3v) is 3.20. The Hall–Kier alpha value is 2.02. The van der Waals surface area contributed by atoms with Gasteiger partial charge in [0.15, 0.2) is 0 Å². The third-order valence-electron chi connectivity index (χ3n) is 3.20. The maximum atomic E-state index is 11.1. The minimum absolute atomic E-state index is 0. The van der Waals surface area contributed by atoms with E-state index >= 15 is 0 Å². The van der Waals surface area contributed by atoms with Gasteiger partial charge in [-0.1, -0.05) is 12.0 Å². The van der Waals surface area contributed by atoms with Gasteiger partial charge in [0, 0.05) is 63.2 Å². The number of fused-ring (bicyclic) bond motifs is 3. The van der Waals surface area contributed by atoms with Gasteiger partial charge in [0.2, 0.25) is 0 Å². The Morgan fingerprint density at radius 2 is 1.88 bits per heavy atom. The van der Waals surface area contributed by atoms with Crippen LogP contribution in [0.2, 0.25) is 0 Å². The molecule has 3 nitrogen and oxygen atoms in total. The van der Waals surface area contributed by atoms with E-state index in [1.54, 1.807) is 4.90 Å². The summed E-state index contributed by atoms with van der Waals surface area (Å²) < 4.78 is 0. The van der Waals surface area contributed by atoms with E-state index in [1.165, 1.54) is 12.8 Å². The van der Waals surface area contributed by atoms with Crippen LogP contribution in [0, 0.1) is 19.4 Å². The summed E-state index contributed by atoms with van der Waals surface area (Å²) >= 11 is 0. The smallest absolute Gasteiger partial charge is 0.586 e. The summed E-state index contributed by atoms with van der Waals surface area (Å²) in [7, 11) is 0. The molecule has 0 aromatic heterocycles. The van der Waals surface area contributed by atoms with Crippen LogP contribution in [0.1, 0.15) is 19.3 Å². The number of hydrogen-bond donors (Lipinski definition) is 0. The van der Waals surface area contributed by atoms with E-state index in [0.717, 1.165) is 13.0 Å². The molecule has 2 amide bonds. The number of carbonyl (C=O) groups excluding carboxylic acids is 1. The Bertz CT molecular complexity index is 236. The summed E-state index contributed by atoms with van der Waals surface area (Å²) in [6.45, 7) is 2.89. The molecule has 1 aliphatic carbocycles. The van der Waals surface area contributed by atoms with Crippen molar-refractivity contribution in [1.82, 2.24) is 4.90 Å². The van der Waals surface area contributed by atoms with E-state index in [0.29, 0.717) is 11.5 Å². The van der Waals surface area contributed by atoms with Crippen LogP contribution in [0.4, 0.5) is 4.79 Å². The van der Waals surface area contributed by atoms with Crippen LogP contribution in [0.5, 0.6) is 0 Å². The van der Waals surface area contributed by atoms with Gasteiger partial charge in [-0.15, -0.1) is 0 Å². The number of nitrogens with zero attached hydrogens (tertiary/aromatic N) is 2. The largest absolute Gasteiger partial charge is 2.00 e. The molecule has 0 aromatic carbocycles. The van der Waals surface area contributed by atoms with E-state index in [2.05, 4.69) is 5.32 Å². The average Bonchev–Trinajstić information content (AvgIpc) is 2.70. The van der Waals surface area contributed by atoms with Gasteiger partial charge in [0.05, 0.1) is 0 Å². The van der Waals surface area contributed by atoms with E-state index in [-0.39, 0.29) is 97.7 Å². The van der Waals surface area contributed by atoms with Gasteiger partial charge in [-0.05, 0) is 18.9 Å². The number of piperidine rings is 1. The zero-order valence-corrected chi connectivity index (χ0v) is 20.7. The molecular weight excluding hydrogens is 887 g/mol. The molecule has 7 heteroatoms. The number of urea groups is 1. The van der Waals surface area contributed by atoms with Gasteiger partial charge in [-0.25, -0.2) is 0 Å². The van der Waals surface area contributed by atoms with Gasteiger partial charge in [0.1, 0.15) is 6.03 Å². The first-order chi connectivity index (χ1) is 5.30. The molecule has 0 N–H and O–H groups in total. The van der Waals surface area contributed by atoms with Gasteiger partial charge in [0.25, 0.3) is 0 Å². The maximum absolute atomic E-state index is 11.1. The molecule has 1 saturated carbocycles. The molecule has 3 aliphatic rings. The minimum Gasteiger partial charge on any atom is -0.586 e. The Labute approximate surface area is 155 Å². The second-order valence-corrected chi connectivity index (χ2v) is 3.83. The summed E-state index contributed by atoms with van der Waals surface area (Å²) in [5, 5.41) is 4.12. The van der Waals surface area contributed by atoms with Crippen molar-refractivity contribution in [2.45, 2.75) is 25.3 Å². The van der Waals surface area contributed by atoms with Crippen LogP contribution in [-0.2, 0) is 84.3 Å². The van der Waals surface area contributed by atoms with Gasteiger partial charge >= 0.3 is 21.1 Å². The van der Waals surface area contributed by atoms with Crippen molar-refractivity contribution in [3.05, 3.63) is 19.3 Å². The first kappa shape index (κ1) is 23.1. The molecule has 2 aliphatic heterocycles. The van der Waals surface area contributed by atoms with Crippen LogP contribution >= 0.6 is 0 Å². The molecule has 3 rings (SSSR count). The van der Waals surface area contributed by atoms with Crippen LogP contribution < -0.4 is 0 Å². The Morgan fingerprint density at radius 1 is 1.31 bits per heavy atom. The molecule has 2 heterocycles. The topological polar surface area (TPSA) is 34.4 Å². The molecule has 1 unspecified atom stereocenters. The van der Waals surface area contributed by atoms with Crippen molar-refractivity contribution < 1.29 is 89.1 Å². The monoisotopic (exact) mass is 901 g/mol. The van der Waals surface area contributed by atoms with Crippen molar-refractivity contribution in [3.63, 3.8) is 0 Å². The molecule has 90 valence electrons. The fraction of sp³-hybridized carbons (Fsp3) is 0.667. The van der Waals surface area contributed by atoms with Gasteiger partial charge in [-0.3, -0.25) is 0 Å². The van der Waals surface area contributed by atoms with E-state index in [1.807, 2.05) is 6.54 Å². The fourth-order valence-corrected chi connectivity index (χ4v) is 2.12. The summed E-state index contributed by atoms with van der Waals surface area (Å²) in [6, 6.07) is 0.318. The summed E-state index contributed by atoms with van der Waals surface area (Å²) in [6.07, 6.45) is 3.63. The Kier molecular flexibility index (Phi) is 11.9. The fourth-order valence-electron chi connectivity index (χ4n) is 2.12. The van der Waals surface area contributed by atoms with Crippen molar-refractivity contribution in [1.29, 1.82) is 0 Å². The van der Waals surface area contributed by atoms with Crippen molar-refractivity contribution >= 4 is 6.03 Å². The SMILES string of the molecule is O=C1[N-]C2CN1[CH-]CC21CC1.[CH3-].[W+2].[W].[W].[W]. The maximum Gasteiger partial charge on any atom is 2.00 e. The number of carbonyl (C=O) groups is 1. The first-order valence-corrected chi connectivity index (χ1v) is 4.15. The summed E-state index contributed by atoms with van der Waals surface area (Å²) in [5.41, 5.74) is 0.433. The van der Waals surface area contributed by atoms with Crippen LogP contribution in [0.25, 0.3) is 5.32 Å². The third kappa shape index (κ3) is 3.76. The van der Waals surface area contributed by atoms with E-state index in [9.17, 15) is 4.79 Å². The van der Waals surface area contributed by atoms with Crippen LogP contribution in [0.15, 0.2) is 0 Å². The van der Waals surface area contributed by atoms with Crippen molar-refractivity contribution in [2.75, 3.05) is 6.54 Å². The standard InChI is InChI=1S/C8H11N2O.CH3.4W/c11-7-9-6-5-10(7)4-3-8(6)1-2-8;;;;;/h4,6H,1-3,5H2,(H,9,11);1H3;;;;/q2*-1;;;;+2/p-1. The van der Waals surface area contributed by atoms with E-state index in [4.69, 9.17) is 0 Å². The minimum atomic E-state index is -0.0150. The van der Waals surface area contributed by atoms with Crippen LogP contribution in [0.3, 0.4) is 0 Å². The molecule has 2 bridgehead atoms. The molecule has 2 saturated heterocycles. The molecule has 1 spiro atoms. The summed E-state index contributed by atoms with van der Waals surface area (Å²) in [4.78, 5) is 12.9. The molecule has 1 atom stereocenters. The number of amides is 2. The molecular formula is C9H13N2OW4-. The molecule has 0 radical (unpaired) electrons. The second-order valence-electron chi connectivity index (χ2n) is 3.83. The van der Waals surface area contributed by atoms with E-state index < -0.39 is 0 Å². The second kappa shape index (κ2) is 8.25. The quantitative estimate of drug-likeness (QED) is 0.343. The number of hydrogen-bond acceptors (Lipinski definition) is 1. The number of rotatable bonds is 0. The first-order valence-electron chi connectivity index (χ1n) is 4.15. The predicted molar refractivity (Wildman–Crippen MR) is 46.2 cm³/mol. The zero-order chi connectivity index (χ0) is 7.47. The van der Waals surface area contributed by atoms with Crippen molar-refractivity contribution in [3.8, 4) is 0 Å². The molecule has 0 aromatic rings. The Balaban J connectivity index is -0.000000338. The molecule has 3 fully saturated rings. The van der Waals surface area contributed by atoms with Gasteiger partial charge in [-0.2, -0.15) is 6.42 Å². The predicted octanol–water partition coefficient (Wildman–Crippen LogP) is 1.95. The normalized spacial score (nSPS) is 25.9. The Morgan fingerprint density at radius 3 is 2.38 bits per heavy atom. The van der Waals surface area contributed by atoms with Crippen LogP contribution in [-0.4, -0.2) is 23.5 Å². The average molecular weight is 901 g/mol.